The molecule has 0 aliphatic carbocycles. The molecule has 2 aromatic rings. The van der Waals surface area contributed by atoms with Crippen LogP contribution in [0.25, 0.3) is 0 Å². The van der Waals surface area contributed by atoms with Gasteiger partial charge in [-0.2, -0.15) is 0 Å². The third kappa shape index (κ3) is 8.44. The summed E-state index contributed by atoms with van der Waals surface area (Å²) in [5, 5.41) is 21.1. The predicted molar refractivity (Wildman–Crippen MR) is 109 cm³/mol. The maximum atomic E-state index is 12.8. The molecule has 0 saturated carbocycles. The number of amides is 1. The average molecular weight is 402 g/mol. The lowest BCUT2D eigenvalue weighted by Crippen LogP contribution is -2.37. The highest BCUT2D eigenvalue weighted by molar-refractivity contribution is 6.27. The fourth-order valence-corrected chi connectivity index (χ4v) is 2.36. The molecule has 8 nitrogen and oxygen atoms in total. The Labute approximate surface area is 169 Å². The van der Waals surface area contributed by atoms with Crippen molar-refractivity contribution in [3.63, 3.8) is 0 Å². The molecule has 0 aliphatic heterocycles. The van der Waals surface area contributed by atoms with Gasteiger partial charge in [0.15, 0.2) is 0 Å². The van der Waals surface area contributed by atoms with E-state index in [1.54, 1.807) is 0 Å². The monoisotopic (exact) mass is 402 g/mol. The van der Waals surface area contributed by atoms with E-state index in [1.165, 1.54) is 0 Å². The van der Waals surface area contributed by atoms with Crippen LogP contribution in [0.3, 0.4) is 0 Å². The summed E-state index contributed by atoms with van der Waals surface area (Å²) in [6.07, 6.45) is 0. The number of anilines is 1. The molecular formula is C21H26N2O6. The number of carbonyl (C=O) groups is 3. The molecule has 2 aromatic carbocycles. The molecule has 4 N–H and O–H groups in total. The van der Waals surface area contributed by atoms with Crippen molar-refractivity contribution in [2.75, 3.05) is 11.9 Å². The Morgan fingerprint density at radius 3 is 2.00 bits per heavy atom. The summed E-state index contributed by atoms with van der Waals surface area (Å²) in [6.45, 7) is 6.53. The summed E-state index contributed by atoms with van der Waals surface area (Å²) >= 11 is 0. The molecule has 8 heteroatoms. The van der Waals surface area contributed by atoms with Crippen LogP contribution in [0.15, 0.2) is 54.6 Å². The minimum Gasteiger partial charge on any atom is -0.492 e. The van der Waals surface area contributed by atoms with E-state index in [2.05, 4.69) is 10.6 Å². The van der Waals surface area contributed by atoms with Gasteiger partial charge < -0.3 is 20.3 Å². The number of nitrogens with one attached hydrogen (secondary N) is 2. The Morgan fingerprint density at radius 2 is 1.48 bits per heavy atom. The maximum Gasteiger partial charge on any atom is 0.414 e. The van der Waals surface area contributed by atoms with Gasteiger partial charge in [0.05, 0.1) is 12.3 Å². The molecule has 156 valence electrons. The Morgan fingerprint density at radius 1 is 0.931 bits per heavy atom. The van der Waals surface area contributed by atoms with Crippen molar-refractivity contribution >= 4 is 23.5 Å². The first-order chi connectivity index (χ1) is 13.8. The number of carbonyl (C=O) groups excluding carboxylic acids is 1. The zero-order valence-corrected chi connectivity index (χ0v) is 16.6. The van der Waals surface area contributed by atoms with Gasteiger partial charge in [0.25, 0.3) is 0 Å². The molecule has 0 aliphatic rings. The second-order valence-corrected chi connectivity index (χ2v) is 6.19. The summed E-state index contributed by atoms with van der Waals surface area (Å²) in [4.78, 5) is 31.0. The van der Waals surface area contributed by atoms with Gasteiger partial charge in [0.1, 0.15) is 11.8 Å². The Hall–Kier alpha value is -3.39. The van der Waals surface area contributed by atoms with Crippen molar-refractivity contribution in [3.8, 4) is 5.75 Å². The largest absolute Gasteiger partial charge is 0.492 e. The molecule has 1 atom stereocenters. The quantitative estimate of drug-likeness (QED) is 0.525. The van der Waals surface area contributed by atoms with Crippen molar-refractivity contribution in [1.82, 2.24) is 5.32 Å². The zero-order valence-electron chi connectivity index (χ0n) is 16.6. The lowest BCUT2D eigenvalue weighted by molar-refractivity contribution is -0.159. The van der Waals surface area contributed by atoms with Crippen molar-refractivity contribution in [2.24, 2.45) is 0 Å². The number of hydrogen-bond donors (Lipinski definition) is 4. The fourth-order valence-electron chi connectivity index (χ4n) is 2.36. The van der Waals surface area contributed by atoms with Crippen LogP contribution in [0, 0.1) is 0 Å². The molecule has 0 saturated heterocycles. The normalized spacial score (nSPS) is 11.0. The van der Waals surface area contributed by atoms with E-state index < -0.39 is 18.0 Å². The second kappa shape index (κ2) is 12.1. The molecule has 1 unspecified atom stereocenters. The number of aliphatic carboxylic acids is 2. The molecule has 0 bridgehead atoms. The third-order valence-corrected chi connectivity index (χ3v) is 3.52. The summed E-state index contributed by atoms with van der Waals surface area (Å²) in [5.74, 6) is -3.07. The molecule has 0 spiro atoms. The third-order valence-electron chi connectivity index (χ3n) is 3.52. The molecule has 0 heterocycles. The smallest absolute Gasteiger partial charge is 0.414 e. The van der Waals surface area contributed by atoms with Crippen LogP contribution in [-0.4, -0.2) is 40.7 Å². The van der Waals surface area contributed by atoms with Crippen molar-refractivity contribution in [1.29, 1.82) is 0 Å². The van der Waals surface area contributed by atoms with E-state index in [0.717, 1.165) is 5.56 Å². The summed E-state index contributed by atoms with van der Waals surface area (Å²) < 4.78 is 5.57. The number of carboxylic acid groups (broad SMARTS) is 2. The molecule has 29 heavy (non-hydrogen) atoms. The van der Waals surface area contributed by atoms with Gasteiger partial charge in [0.2, 0.25) is 5.91 Å². The van der Waals surface area contributed by atoms with Crippen LogP contribution < -0.4 is 15.4 Å². The number of benzene rings is 2. The lowest BCUT2D eigenvalue weighted by atomic mass is 10.1. The second-order valence-electron chi connectivity index (χ2n) is 6.19. The summed E-state index contributed by atoms with van der Waals surface area (Å²) in [7, 11) is 0. The number of rotatable bonds is 7. The minimum atomic E-state index is -1.82. The highest BCUT2D eigenvalue weighted by Gasteiger charge is 2.22. The molecule has 1 amide bonds. The van der Waals surface area contributed by atoms with E-state index in [0.29, 0.717) is 18.0 Å². The Kier molecular flexibility index (Phi) is 9.90. The number of ether oxygens (including phenoxy) is 1. The van der Waals surface area contributed by atoms with Crippen LogP contribution in [-0.2, 0) is 14.4 Å². The SMILES string of the molecule is CCOc1ccccc1NC(=O)C(NC(C)C)c1ccccc1.O=C(O)C(=O)O. The Bertz CT molecular complexity index is 796. The van der Waals surface area contributed by atoms with Crippen molar-refractivity contribution < 1.29 is 29.3 Å². The van der Waals surface area contributed by atoms with E-state index >= 15 is 0 Å². The highest BCUT2D eigenvalue weighted by atomic mass is 16.5. The first-order valence-corrected chi connectivity index (χ1v) is 9.06. The molecular weight excluding hydrogens is 376 g/mol. The number of carboxylic acids is 2. The standard InChI is InChI=1S/C19H24N2O2.C2H2O4/c1-4-23-17-13-9-8-12-16(17)21-19(22)18(20-14(2)3)15-10-6-5-7-11-15;3-1(4)2(5)6/h5-14,18,20H,4H2,1-3H3,(H,21,22);(H,3,4)(H,5,6). The van der Waals surface area contributed by atoms with E-state index in [4.69, 9.17) is 24.5 Å². The van der Waals surface area contributed by atoms with Gasteiger partial charge in [0, 0.05) is 6.04 Å². The summed E-state index contributed by atoms with van der Waals surface area (Å²) in [6, 6.07) is 17.0. The average Bonchev–Trinajstić information content (AvgIpc) is 2.68. The van der Waals surface area contributed by atoms with Gasteiger partial charge in [-0.1, -0.05) is 42.5 Å². The lowest BCUT2D eigenvalue weighted by Gasteiger charge is -2.22. The number of para-hydroxylation sites is 2. The van der Waals surface area contributed by atoms with Crippen LogP contribution in [0.2, 0.25) is 0 Å². The van der Waals surface area contributed by atoms with Gasteiger partial charge in [-0.25, -0.2) is 9.59 Å². The van der Waals surface area contributed by atoms with E-state index in [-0.39, 0.29) is 11.9 Å². The first-order valence-electron chi connectivity index (χ1n) is 9.06. The van der Waals surface area contributed by atoms with Crippen molar-refractivity contribution in [2.45, 2.75) is 32.9 Å². The van der Waals surface area contributed by atoms with Gasteiger partial charge in [-0.15, -0.1) is 0 Å². The van der Waals surface area contributed by atoms with E-state index in [9.17, 15) is 4.79 Å². The van der Waals surface area contributed by atoms with Crippen LogP contribution in [0.5, 0.6) is 5.75 Å². The topological polar surface area (TPSA) is 125 Å². The maximum absolute atomic E-state index is 12.8. The molecule has 0 aromatic heterocycles. The first kappa shape index (κ1) is 23.6. The van der Waals surface area contributed by atoms with Gasteiger partial charge in [-0.05, 0) is 38.5 Å². The van der Waals surface area contributed by atoms with Crippen molar-refractivity contribution in [3.05, 3.63) is 60.2 Å². The Balaban J connectivity index is 0.000000612. The summed E-state index contributed by atoms with van der Waals surface area (Å²) in [5.41, 5.74) is 1.62. The number of hydrogen-bond acceptors (Lipinski definition) is 5. The fraction of sp³-hybridized carbons (Fsp3) is 0.286. The minimum absolute atomic E-state index is 0.1000. The van der Waals surface area contributed by atoms with Crippen LogP contribution >= 0.6 is 0 Å². The van der Waals surface area contributed by atoms with Gasteiger partial charge in [-0.3, -0.25) is 10.1 Å². The highest BCUT2D eigenvalue weighted by Crippen LogP contribution is 2.25. The molecule has 0 radical (unpaired) electrons. The van der Waals surface area contributed by atoms with Crippen LogP contribution in [0.4, 0.5) is 5.69 Å². The van der Waals surface area contributed by atoms with Crippen LogP contribution in [0.1, 0.15) is 32.4 Å². The molecule has 2 rings (SSSR count). The predicted octanol–water partition coefficient (Wildman–Crippen LogP) is 2.92. The van der Waals surface area contributed by atoms with Gasteiger partial charge >= 0.3 is 11.9 Å². The zero-order chi connectivity index (χ0) is 21.8. The van der Waals surface area contributed by atoms with E-state index in [1.807, 2.05) is 75.4 Å². The molecule has 0 fully saturated rings.